The minimum absolute atomic E-state index is 0.443. The molecule has 0 spiro atoms. The van der Waals surface area contributed by atoms with Gasteiger partial charge in [-0.25, -0.2) is 4.57 Å². The van der Waals surface area contributed by atoms with Gasteiger partial charge in [0.2, 0.25) is 5.65 Å². The number of para-hydroxylation sites is 1. The van der Waals surface area contributed by atoms with Gasteiger partial charge in [0.05, 0.1) is 18.6 Å². The zero-order chi connectivity index (χ0) is 17.9. The fourth-order valence-corrected chi connectivity index (χ4v) is 3.28. The average molecular weight is 293 g/mol. The molecule has 4 rings (SSSR count). The van der Waals surface area contributed by atoms with Gasteiger partial charge in [0.1, 0.15) is 5.52 Å². The molecule has 3 heteroatoms. The third-order valence-electron chi connectivity index (χ3n) is 4.54. The number of nitrogens with zero attached hydrogens (tertiary/aromatic N) is 3. The Labute approximate surface area is 134 Å². The largest absolute Gasteiger partial charge is 0.315 e. The third-order valence-corrected chi connectivity index (χ3v) is 4.54. The van der Waals surface area contributed by atoms with Crippen LogP contribution in [0.3, 0.4) is 0 Å². The molecule has 0 saturated heterocycles. The molecule has 0 bridgehead atoms. The van der Waals surface area contributed by atoms with Crippen LogP contribution < -0.4 is 4.57 Å². The minimum Gasteiger partial charge on any atom is -0.315 e. The van der Waals surface area contributed by atoms with E-state index in [1.165, 1.54) is 0 Å². The Hall–Kier alpha value is -2.55. The van der Waals surface area contributed by atoms with E-state index >= 15 is 0 Å². The van der Waals surface area contributed by atoms with E-state index in [9.17, 15) is 0 Å². The van der Waals surface area contributed by atoms with Crippen LogP contribution in [-0.2, 0) is 14.1 Å². The van der Waals surface area contributed by atoms with Crippen molar-refractivity contribution in [2.75, 3.05) is 0 Å². The molecule has 0 aliphatic heterocycles. The number of rotatable bonds is 1. The Morgan fingerprint density at radius 2 is 1.86 bits per heavy atom. The van der Waals surface area contributed by atoms with Gasteiger partial charge in [-0.05, 0) is 37.5 Å². The maximum Gasteiger partial charge on any atom is 0.287 e. The van der Waals surface area contributed by atoms with Gasteiger partial charge in [-0.3, -0.25) is 0 Å². The highest BCUT2D eigenvalue weighted by atomic mass is 15.2. The molecule has 0 unspecified atom stereocenters. The van der Waals surface area contributed by atoms with Gasteiger partial charge in [-0.15, -0.1) is 0 Å². The van der Waals surface area contributed by atoms with Crippen LogP contribution in [-0.4, -0.2) is 9.13 Å². The summed E-state index contributed by atoms with van der Waals surface area (Å²) in [6.45, 7) is -0.275. The van der Waals surface area contributed by atoms with E-state index in [4.69, 9.17) is 4.11 Å². The zero-order valence-electron chi connectivity index (χ0n) is 16.0. The highest BCUT2D eigenvalue weighted by Crippen LogP contribution is 2.35. The summed E-state index contributed by atoms with van der Waals surface area (Å²) in [5.41, 5.74) is 3.14. The molecule has 0 aliphatic rings. The van der Waals surface area contributed by atoms with Gasteiger partial charge in [0, 0.05) is 28.3 Å². The second-order valence-electron chi connectivity index (χ2n) is 5.74. The monoisotopic (exact) mass is 293 g/mol. The second kappa shape index (κ2) is 4.47. The van der Waals surface area contributed by atoms with Crippen LogP contribution >= 0.6 is 0 Å². The van der Waals surface area contributed by atoms with E-state index in [1.807, 2.05) is 78.8 Å². The predicted molar refractivity (Wildman–Crippen MR) is 90.4 cm³/mol. The minimum atomic E-state index is -2.16. The SMILES string of the molecule is [2H]C([2H])([2H])c1c(C)n(C)c2c1c1ccccc1n2-c1cccc[n+]1C. The van der Waals surface area contributed by atoms with Crippen molar-refractivity contribution in [3.8, 4) is 5.82 Å². The van der Waals surface area contributed by atoms with E-state index in [0.29, 0.717) is 5.56 Å². The standard InChI is InChI=1S/C19H20N3/c1-13-14(2)21(4)19-18(13)15-9-5-6-10-16(15)22(19)17-11-7-8-12-20(17)3/h5-12H,1-4H3/q+1/i1D3. The highest BCUT2D eigenvalue weighted by molar-refractivity contribution is 6.10. The van der Waals surface area contributed by atoms with Gasteiger partial charge in [0.15, 0.2) is 0 Å². The van der Waals surface area contributed by atoms with Crippen molar-refractivity contribution >= 4 is 21.9 Å². The number of hydrogen-bond acceptors (Lipinski definition) is 0. The molecule has 4 aromatic rings. The summed E-state index contributed by atoms with van der Waals surface area (Å²) in [4.78, 5) is 0. The van der Waals surface area contributed by atoms with Crippen molar-refractivity contribution in [3.05, 3.63) is 59.9 Å². The Morgan fingerprint density at radius 1 is 1.09 bits per heavy atom. The van der Waals surface area contributed by atoms with Gasteiger partial charge < -0.3 is 4.57 Å². The number of benzene rings is 1. The molecule has 0 atom stereocenters. The smallest absolute Gasteiger partial charge is 0.287 e. The van der Waals surface area contributed by atoms with Crippen molar-refractivity contribution in [1.82, 2.24) is 9.13 Å². The van der Waals surface area contributed by atoms with Crippen LogP contribution in [0, 0.1) is 13.8 Å². The molecular weight excluding hydrogens is 270 g/mol. The fourth-order valence-electron chi connectivity index (χ4n) is 3.28. The van der Waals surface area contributed by atoms with E-state index in [1.54, 1.807) is 0 Å². The molecule has 0 saturated carbocycles. The quantitative estimate of drug-likeness (QED) is 0.476. The predicted octanol–water partition coefficient (Wildman–Crippen LogP) is 3.56. The molecule has 3 heterocycles. The molecule has 0 aliphatic carbocycles. The van der Waals surface area contributed by atoms with Crippen LogP contribution in [0.15, 0.2) is 48.7 Å². The normalized spacial score (nSPS) is 14.2. The molecule has 110 valence electrons. The van der Waals surface area contributed by atoms with Gasteiger partial charge in [0.25, 0.3) is 5.82 Å². The molecule has 0 amide bonds. The summed E-state index contributed by atoms with van der Waals surface area (Å²) < 4.78 is 30.3. The first kappa shape index (κ1) is 10.2. The summed E-state index contributed by atoms with van der Waals surface area (Å²) in [6.07, 6.45) is 2.00. The maximum absolute atomic E-state index is 8.05. The Bertz CT molecular complexity index is 1120. The molecule has 0 radical (unpaired) electrons. The van der Waals surface area contributed by atoms with Crippen molar-refractivity contribution in [3.63, 3.8) is 0 Å². The molecular formula is C19H20N3+. The second-order valence-corrected chi connectivity index (χ2v) is 5.74. The summed E-state index contributed by atoms with van der Waals surface area (Å²) in [5.74, 6) is 0.992. The van der Waals surface area contributed by atoms with Crippen molar-refractivity contribution in [1.29, 1.82) is 0 Å². The summed E-state index contributed by atoms with van der Waals surface area (Å²) >= 11 is 0. The molecule has 0 fully saturated rings. The summed E-state index contributed by atoms with van der Waals surface area (Å²) in [7, 11) is 3.93. The van der Waals surface area contributed by atoms with Crippen molar-refractivity contribution < 1.29 is 8.68 Å². The van der Waals surface area contributed by atoms with Gasteiger partial charge >= 0.3 is 0 Å². The molecule has 22 heavy (non-hydrogen) atoms. The summed E-state index contributed by atoms with van der Waals surface area (Å²) in [6, 6.07) is 14.0. The lowest BCUT2D eigenvalue weighted by Crippen LogP contribution is -2.33. The van der Waals surface area contributed by atoms with Crippen LogP contribution in [0.4, 0.5) is 0 Å². The van der Waals surface area contributed by atoms with Crippen LogP contribution in [0.5, 0.6) is 0 Å². The van der Waals surface area contributed by atoms with Crippen LogP contribution in [0.1, 0.15) is 15.4 Å². The lowest BCUT2D eigenvalue weighted by molar-refractivity contribution is -0.665. The lowest BCUT2D eigenvalue weighted by Gasteiger charge is -2.05. The first-order valence-electron chi connectivity index (χ1n) is 8.86. The molecule has 3 nitrogen and oxygen atoms in total. The number of fused-ring (bicyclic) bond motifs is 3. The van der Waals surface area contributed by atoms with Crippen LogP contribution in [0.25, 0.3) is 27.8 Å². The van der Waals surface area contributed by atoms with Crippen LogP contribution in [0.2, 0.25) is 0 Å². The number of aromatic nitrogens is 3. The third kappa shape index (κ3) is 1.54. The van der Waals surface area contributed by atoms with E-state index in [2.05, 4.69) is 4.57 Å². The highest BCUT2D eigenvalue weighted by Gasteiger charge is 2.25. The van der Waals surface area contributed by atoms with Gasteiger partial charge in [-0.1, -0.05) is 18.2 Å². The molecule has 1 aromatic carbocycles. The number of aryl methyl sites for hydroxylation is 3. The van der Waals surface area contributed by atoms with E-state index < -0.39 is 6.85 Å². The lowest BCUT2D eigenvalue weighted by atomic mass is 10.1. The zero-order valence-corrected chi connectivity index (χ0v) is 13.0. The van der Waals surface area contributed by atoms with Gasteiger partial charge in [-0.2, -0.15) is 4.57 Å². The molecule has 3 aromatic heterocycles. The Morgan fingerprint density at radius 3 is 2.64 bits per heavy atom. The maximum atomic E-state index is 8.05. The Balaban J connectivity index is 2.30. The molecule has 0 N–H and O–H groups in total. The fraction of sp³-hybridized carbons (Fsp3) is 0.211. The van der Waals surface area contributed by atoms with Crippen molar-refractivity contribution in [2.24, 2.45) is 14.1 Å². The first-order chi connectivity index (χ1) is 11.8. The summed E-state index contributed by atoms with van der Waals surface area (Å²) in [5, 5.41) is 1.79. The van der Waals surface area contributed by atoms with Crippen molar-refractivity contribution in [2.45, 2.75) is 13.8 Å². The van der Waals surface area contributed by atoms with E-state index in [-0.39, 0.29) is 0 Å². The number of hydrogen-bond donors (Lipinski definition) is 0. The average Bonchev–Trinajstić information content (AvgIpc) is 3.01. The topological polar surface area (TPSA) is 13.7 Å². The van der Waals surface area contributed by atoms with E-state index in [0.717, 1.165) is 33.4 Å². The number of pyridine rings is 1. The Kier molecular flexibility index (Phi) is 2.08. The first-order valence-corrected chi connectivity index (χ1v) is 7.36.